The van der Waals surface area contributed by atoms with Gasteiger partial charge in [0.1, 0.15) is 0 Å². The third-order valence-electron chi connectivity index (χ3n) is 3.54. The zero-order valence-electron chi connectivity index (χ0n) is 10.2. The van der Waals surface area contributed by atoms with E-state index >= 15 is 0 Å². The molecule has 0 bridgehead atoms. The maximum atomic E-state index is 3.65. The van der Waals surface area contributed by atoms with Gasteiger partial charge >= 0.3 is 0 Å². The molecule has 2 N–H and O–H groups in total. The predicted molar refractivity (Wildman–Crippen MR) is 63.9 cm³/mol. The van der Waals surface area contributed by atoms with E-state index in [1.54, 1.807) is 0 Å². The van der Waals surface area contributed by atoms with Crippen LogP contribution >= 0.6 is 0 Å². The summed E-state index contributed by atoms with van der Waals surface area (Å²) in [6.45, 7) is 10.6. The van der Waals surface area contributed by atoms with Gasteiger partial charge in [-0.2, -0.15) is 0 Å². The van der Waals surface area contributed by atoms with Crippen LogP contribution in [0.3, 0.4) is 0 Å². The van der Waals surface area contributed by atoms with E-state index in [1.807, 2.05) is 0 Å². The van der Waals surface area contributed by atoms with E-state index in [-0.39, 0.29) is 0 Å². The van der Waals surface area contributed by atoms with Gasteiger partial charge in [0.05, 0.1) is 6.17 Å². The first-order valence-electron chi connectivity index (χ1n) is 6.36. The van der Waals surface area contributed by atoms with Crippen molar-refractivity contribution < 1.29 is 0 Å². The van der Waals surface area contributed by atoms with Crippen LogP contribution in [0.25, 0.3) is 0 Å². The molecule has 88 valence electrons. The number of piperidine rings is 1. The molecule has 0 aliphatic carbocycles. The molecule has 2 aliphatic heterocycles. The Labute approximate surface area is 93.6 Å². The van der Waals surface area contributed by atoms with Crippen molar-refractivity contribution in [3.63, 3.8) is 0 Å². The van der Waals surface area contributed by atoms with Crippen molar-refractivity contribution in [3.8, 4) is 0 Å². The maximum Gasteiger partial charge on any atom is 0.0597 e. The summed E-state index contributed by atoms with van der Waals surface area (Å²) in [7, 11) is 0. The normalized spacial score (nSPS) is 33.6. The lowest BCUT2D eigenvalue weighted by atomic mass is 9.92. The number of nitrogens with zero attached hydrogens (tertiary/aromatic N) is 1. The Hall–Kier alpha value is -0.120. The first-order chi connectivity index (χ1) is 7.17. The molecule has 3 nitrogen and oxygen atoms in total. The van der Waals surface area contributed by atoms with Gasteiger partial charge < -0.3 is 10.6 Å². The molecular formula is C12H25N3. The van der Waals surface area contributed by atoms with Gasteiger partial charge in [0, 0.05) is 26.2 Å². The van der Waals surface area contributed by atoms with Gasteiger partial charge in [0.15, 0.2) is 0 Å². The van der Waals surface area contributed by atoms with Crippen LogP contribution in [-0.2, 0) is 0 Å². The van der Waals surface area contributed by atoms with Gasteiger partial charge in [0.25, 0.3) is 0 Å². The van der Waals surface area contributed by atoms with E-state index in [0.717, 1.165) is 13.1 Å². The fourth-order valence-electron chi connectivity index (χ4n) is 2.75. The Morgan fingerprint density at radius 2 is 2.07 bits per heavy atom. The van der Waals surface area contributed by atoms with Crippen molar-refractivity contribution >= 4 is 0 Å². The molecule has 1 unspecified atom stereocenters. The first kappa shape index (κ1) is 11.4. The van der Waals surface area contributed by atoms with Gasteiger partial charge in [-0.25, -0.2) is 0 Å². The molecular weight excluding hydrogens is 186 g/mol. The lowest BCUT2D eigenvalue weighted by Gasteiger charge is -2.37. The Balaban J connectivity index is 1.94. The van der Waals surface area contributed by atoms with Crippen LogP contribution in [0.1, 0.15) is 33.1 Å². The molecule has 0 saturated carbocycles. The fraction of sp³-hybridized carbons (Fsp3) is 1.00. The monoisotopic (exact) mass is 211 g/mol. The molecule has 3 heteroatoms. The number of hydrogen-bond acceptors (Lipinski definition) is 3. The van der Waals surface area contributed by atoms with Crippen LogP contribution in [0, 0.1) is 5.41 Å². The van der Waals surface area contributed by atoms with Gasteiger partial charge in [-0.05, 0) is 31.2 Å². The van der Waals surface area contributed by atoms with Crippen LogP contribution in [-0.4, -0.2) is 43.8 Å². The maximum absolute atomic E-state index is 3.65. The largest absolute Gasteiger partial charge is 0.315 e. The third kappa shape index (κ3) is 3.16. The molecule has 2 aliphatic rings. The summed E-state index contributed by atoms with van der Waals surface area (Å²) in [6.07, 6.45) is 4.71. The van der Waals surface area contributed by atoms with Gasteiger partial charge in [-0.15, -0.1) is 0 Å². The van der Waals surface area contributed by atoms with Crippen molar-refractivity contribution in [2.45, 2.75) is 39.3 Å². The average molecular weight is 211 g/mol. The van der Waals surface area contributed by atoms with E-state index < -0.39 is 0 Å². The van der Waals surface area contributed by atoms with Crippen molar-refractivity contribution in [1.29, 1.82) is 0 Å². The third-order valence-corrected chi connectivity index (χ3v) is 3.54. The van der Waals surface area contributed by atoms with Crippen molar-refractivity contribution in [2.24, 2.45) is 5.41 Å². The fourth-order valence-corrected chi connectivity index (χ4v) is 2.75. The van der Waals surface area contributed by atoms with Crippen LogP contribution < -0.4 is 10.6 Å². The molecule has 15 heavy (non-hydrogen) atoms. The van der Waals surface area contributed by atoms with Crippen LogP contribution in [0.5, 0.6) is 0 Å². The van der Waals surface area contributed by atoms with Gasteiger partial charge in [0.2, 0.25) is 0 Å². The van der Waals surface area contributed by atoms with E-state index in [1.165, 1.54) is 38.9 Å². The minimum absolute atomic E-state index is 0.412. The summed E-state index contributed by atoms with van der Waals surface area (Å²) in [6, 6.07) is 0. The molecule has 0 amide bonds. The highest BCUT2D eigenvalue weighted by molar-refractivity contribution is 4.84. The van der Waals surface area contributed by atoms with Crippen LogP contribution in [0.15, 0.2) is 0 Å². The quantitative estimate of drug-likeness (QED) is 0.678. The second-order valence-electron chi connectivity index (χ2n) is 5.78. The summed E-state index contributed by atoms with van der Waals surface area (Å²) in [5.41, 5.74) is 0.412. The van der Waals surface area contributed by atoms with Crippen LogP contribution in [0.2, 0.25) is 0 Å². The predicted octanol–water partition coefficient (Wildman–Crippen LogP) is 1.02. The minimum atomic E-state index is 0.412. The Bertz CT molecular complexity index is 197. The van der Waals surface area contributed by atoms with E-state index in [9.17, 15) is 0 Å². The molecule has 2 saturated heterocycles. The first-order valence-corrected chi connectivity index (χ1v) is 6.36. The molecule has 1 atom stereocenters. The summed E-state index contributed by atoms with van der Waals surface area (Å²) >= 11 is 0. The molecule has 0 aromatic heterocycles. The smallest absolute Gasteiger partial charge is 0.0597 e. The molecule has 0 aromatic carbocycles. The lowest BCUT2D eigenvalue weighted by Crippen LogP contribution is -2.51. The number of rotatable bonds is 1. The second-order valence-corrected chi connectivity index (χ2v) is 5.78. The van der Waals surface area contributed by atoms with Crippen molar-refractivity contribution in [1.82, 2.24) is 15.5 Å². The lowest BCUT2D eigenvalue weighted by molar-refractivity contribution is 0.108. The zero-order valence-corrected chi connectivity index (χ0v) is 10.2. The molecule has 0 spiro atoms. The van der Waals surface area contributed by atoms with Crippen molar-refractivity contribution in [2.75, 3.05) is 32.7 Å². The number of nitrogens with one attached hydrogen (secondary N) is 2. The summed E-state index contributed by atoms with van der Waals surface area (Å²) in [5, 5.41) is 7.19. The average Bonchev–Trinajstić information content (AvgIpc) is 2.41. The Morgan fingerprint density at radius 1 is 1.20 bits per heavy atom. The SMILES string of the molecule is CC1(C)CNCCN(C2CCCCN2)C1. The topological polar surface area (TPSA) is 27.3 Å². The highest BCUT2D eigenvalue weighted by atomic mass is 15.3. The van der Waals surface area contributed by atoms with E-state index in [0.29, 0.717) is 11.6 Å². The molecule has 2 fully saturated rings. The highest BCUT2D eigenvalue weighted by Gasteiger charge is 2.29. The van der Waals surface area contributed by atoms with Crippen LogP contribution in [0.4, 0.5) is 0 Å². The summed E-state index contributed by atoms with van der Waals surface area (Å²) in [4.78, 5) is 2.64. The highest BCUT2D eigenvalue weighted by Crippen LogP contribution is 2.21. The van der Waals surface area contributed by atoms with Gasteiger partial charge in [-0.3, -0.25) is 4.90 Å². The summed E-state index contributed by atoms with van der Waals surface area (Å²) in [5.74, 6) is 0. The van der Waals surface area contributed by atoms with Crippen molar-refractivity contribution in [3.05, 3.63) is 0 Å². The molecule has 2 heterocycles. The van der Waals surface area contributed by atoms with E-state index in [2.05, 4.69) is 29.4 Å². The standard InChI is InChI=1S/C12H25N3/c1-12(2)9-13-7-8-15(10-12)11-5-3-4-6-14-11/h11,13-14H,3-10H2,1-2H3. The second kappa shape index (κ2) is 4.81. The summed E-state index contributed by atoms with van der Waals surface area (Å²) < 4.78 is 0. The Morgan fingerprint density at radius 3 is 2.80 bits per heavy atom. The van der Waals surface area contributed by atoms with Gasteiger partial charge in [-0.1, -0.05) is 13.8 Å². The molecule has 0 radical (unpaired) electrons. The zero-order chi connectivity index (χ0) is 10.7. The number of hydrogen-bond donors (Lipinski definition) is 2. The molecule has 0 aromatic rings. The minimum Gasteiger partial charge on any atom is -0.315 e. The molecule has 2 rings (SSSR count). The Kier molecular flexibility index (Phi) is 3.65. The van der Waals surface area contributed by atoms with E-state index in [4.69, 9.17) is 0 Å².